The lowest BCUT2D eigenvalue weighted by atomic mass is 9.12. The van der Waals surface area contributed by atoms with Crippen molar-refractivity contribution in [1.82, 2.24) is 0 Å². The zero-order valence-corrected chi connectivity index (χ0v) is 27.7. The number of rotatable bonds is 6. The summed E-state index contributed by atoms with van der Waals surface area (Å²) < 4.78 is 296. The first kappa shape index (κ1) is 43.1. The van der Waals surface area contributed by atoms with Crippen molar-refractivity contribution >= 4 is 38.9 Å². The van der Waals surface area contributed by atoms with E-state index in [1.54, 1.807) is 4.73 Å². The summed E-state index contributed by atoms with van der Waals surface area (Å²) >= 11 is 0. The molecule has 1 aromatic heterocycles. The molecule has 0 aliphatic rings. The minimum atomic E-state index is -7.22. The molecule has 1 heterocycles. The Morgan fingerprint density at radius 2 is 0.603 bits per heavy atom. The SMILES string of the molecule is CCO[n+]1cccc2ccccc21.Fc1c(F)c(F)c([B-](c2c(F)c(F)c(F)c(F)c2F)(c2c(F)c(F)c(F)c(F)c2F)c2c(F)c(F)c(F)c(F)c2F)c(F)c1F. The summed E-state index contributed by atoms with van der Waals surface area (Å²) in [6.45, 7) is 2.66. The maximum absolute atomic E-state index is 15.4. The van der Waals surface area contributed by atoms with Gasteiger partial charge < -0.3 is 0 Å². The normalized spacial score (nSPS) is 11.6. The first-order valence-corrected chi connectivity index (χ1v) is 15.4. The van der Waals surface area contributed by atoms with E-state index in [-0.39, 0.29) is 0 Å². The largest absolute Gasteiger partial charge is 0.271 e. The number of pyridine rings is 1. The average Bonchev–Trinajstić information content (AvgIpc) is 3.21. The number of aromatic nitrogens is 1. The Kier molecular flexibility index (Phi) is 11.7. The van der Waals surface area contributed by atoms with Crippen LogP contribution < -0.4 is 31.4 Å². The molecule has 0 saturated heterocycles. The smallest absolute Gasteiger partial charge is 0.264 e. The highest BCUT2D eigenvalue weighted by Crippen LogP contribution is 2.30. The molecule has 0 amide bonds. The summed E-state index contributed by atoms with van der Waals surface area (Å²) in [5, 5.41) is 1.19. The Morgan fingerprint density at radius 1 is 0.362 bits per heavy atom. The molecule has 0 spiro atoms. The molecule has 6 rings (SSSR count). The molecular weight excluding hydrogens is 841 g/mol. The first-order valence-electron chi connectivity index (χ1n) is 15.4. The van der Waals surface area contributed by atoms with Gasteiger partial charge in [0.1, 0.15) is 52.7 Å². The summed E-state index contributed by atoms with van der Waals surface area (Å²) in [6.07, 6.45) is -5.29. The van der Waals surface area contributed by atoms with Gasteiger partial charge >= 0.3 is 0 Å². The molecular formula is C35H12BF20NO. The van der Waals surface area contributed by atoms with E-state index in [0.717, 1.165) is 5.52 Å². The van der Waals surface area contributed by atoms with Crippen molar-refractivity contribution in [3.05, 3.63) is 159 Å². The highest BCUT2D eigenvalue weighted by Gasteiger charge is 2.52. The minimum absolute atomic E-state index is 0.679. The maximum atomic E-state index is 15.4. The average molecular weight is 853 g/mol. The van der Waals surface area contributed by atoms with Gasteiger partial charge in [0, 0.05) is 16.9 Å². The third-order valence-corrected chi connectivity index (χ3v) is 8.65. The van der Waals surface area contributed by atoms with Gasteiger partial charge in [-0.2, -0.15) is 0 Å². The van der Waals surface area contributed by atoms with Crippen LogP contribution in [0.15, 0.2) is 42.6 Å². The van der Waals surface area contributed by atoms with E-state index in [4.69, 9.17) is 4.84 Å². The first-order chi connectivity index (χ1) is 27.1. The minimum Gasteiger partial charge on any atom is -0.271 e. The number of benzene rings is 5. The van der Waals surface area contributed by atoms with E-state index in [1.807, 2.05) is 37.4 Å². The Morgan fingerprint density at radius 3 is 0.879 bits per heavy atom. The Bertz CT molecular complexity index is 2270. The molecule has 0 bridgehead atoms. The van der Waals surface area contributed by atoms with Crippen LogP contribution in [0.25, 0.3) is 10.9 Å². The molecule has 0 unspecified atom stereocenters. The zero-order valence-electron chi connectivity index (χ0n) is 27.7. The van der Waals surface area contributed by atoms with Crippen LogP contribution in [0.5, 0.6) is 0 Å². The second kappa shape index (κ2) is 15.7. The molecule has 0 atom stereocenters. The second-order valence-electron chi connectivity index (χ2n) is 11.6. The molecule has 0 fully saturated rings. The monoisotopic (exact) mass is 853 g/mol. The molecule has 2 nitrogen and oxygen atoms in total. The van der Waals surface area contributed by atoms with E-state index in [2.05, 4.69) is 12.1 Å². The van der Waals surface area contributed by atoms with Crippen LogP contribution in [0.3, 0.4) is 0 Å². The van der Waals surface area contributed by atoms with Crippen LogP contribution in [-0.2, 0) is 0 Å². The number of halogens is 20. The molecule has 0 saturated carbocycles. The quantitative estimate of drug-likeness (QED) is 0.0560. The summed E-state index contributed by atoms with van der Waals surface area (Å²) in [5.41, 5.74) is -13.2. The predicted molar refractivity (Wildman–Crippen MR) is 160 cm³/mol. The van der Waals surface area contributed by atoms with Gasteiger partial charge in [0.25, 0.3) is 5.52 Å². The standard InChI is InChI=1S/C24BF20.C11H12NO/c26-5-1(6(27)14(35)21(42)13(5)34)25(2-7(28)15(36)22(43)16(37)8(2)29,3-9(30)17(38)23(44)18(39)10(3)31)4-11(32)19(40)24(45)20(41)12(4)33;1-2-13-12-9-5-7-10-6-3-4-8-11(10)12/h;3-9H,2H2,1H3/q-1;+1. The highest BCUT2D eigenvalue weighted by atomic mass is 19.2. The van der Waals surface area contributed by atoms with Gasteiger partial charge in [-0.3, -0.25) is 4.84 Å². The van der Waals surface area contributed by atoms with Crippen molar-refractivity contribution in [1.29, 1.82) is 0 Å². The van der Waals surface area contributed by atoms with Crippen LogP contribution in [-0.4, -0.2) is 12.8 Å². The lowest BCUT2D eigenvalue weighted by Gasteiger charge is -2.44. The predicted octanol–water partition coefficient (Wildman–Crippen LogP) is 7.42. The molecule has 0 aliphatic heterocycles. The van der Waals surface area contributed by atoms with Crippen LogP contribution >= 0.6 is 0 Å². The van der Waals surface area contributed by atoms with Gasteiger partial charge in [0.2, 0.25) is 6.20 Å². The van der Waals surface area contributed by atoms with Crippen molar-refractivity contribution < 1.29 is 97.4 Å². The van der Waals surface area contributed by atoms with Crippen LogP contribution in [0.4, 0.5) is 87.8 Å². The van der Waals surface area contributed by atoms with Gasteiger partial charge in [0.05, 0.1) is 5.39 Å². The Balaban J connectivity index is 0.000000414. The van der Waals surface area contributed by atoms with Crippen molar-refractivity contribution in [2.45, 2.75) is 6.92 Å². The van der Waals surface area contributed by atoms with Crippen LogP contribution in [0.1, 0.15) is 6.92 Å². The van der Waals surface area contributed by atoms with Crippen molar-refractivity contribution in [3.63, 3.8) is 0 Å². The van der Waals surface area contributed by atoms with Gasteiger partial charge in [-0.05, 0) is 19.1 Å². The number of fused-ring (bicyclic) bond motifs is 1. The highest BCUT2D eigenvalue weighted by molar-refractivity contribution is 7.20. The molecule has 6 aromatic rings. The van der Waals surface area contributed by atoms with Crippen LogP contribution in [0.2, 0.25) is 0 Å². The summed E-state index contributed by atoms with van der Waals surface area (Å²) in [6, 6.07) is 12.2. The number of hydrogen-bond donors (Lipinski definition) is 0. The molecule has 306 valence electrons. The van der Waals surface area contributed by atoms with Crippen molar-refractivity contribution in [2.75, 3.05) is 6.61 Å². The van der Waals surface area contributed by atoms with Gasteiger partial charge in [0.15, 0.2) is 76.4 Å². The Labute approximate surface area is 309 Å². The third-order valence-electron chi connectivity index (χ3n) is 8.65. The number of hydrogen-bond acceptors (Lipinski definition) is 1. The molecule has 0 N–H and O–H groups in total. The molecule has 5 aromatic carbocycles. The van der Waals surface area contributed by atoms with E-state index >= 15 is 35.1 Å². The van der Waals surface area contributed by atoms with Crippen molar-refractivity contribution in [2.24, 2.45) is 0 Å². The Hall–Kier alpha value is -6.03. The fourth-order valence-corrected chi connectivity index (χ4v) is 6.26. The summed E-state index contributed by atoms with van der Waals surface area (Å²) in [4.78, 5) is 5.44. The van der Waals surface area contributed by atoms with E-state index in [1.165, 1.54) is 5.39 Å². The van der Waals surface area contributed by atoms with Crippen LogP contribution in [0, 0.1) is 116 Å². The van der Waals surface area contributed by atoms with Gasteiger partial charge in [-0.1, -0.05) is 12.1 Å². The summed E-state index contributed by atoms with van der Waals surface area (Å²) in [5.74, 6) is -71.4. The molecule has 0 radical (unpaired) electrons. The third kappa shape index (κ3) is 6.30. The lowest BCUT2D eigenvalue weighted by Crippen LogP contribution is -2.81. The topological polar surface area (TPSA) is 13.1 Å². The lowest BCUT2D eigenvalue weighted by molar-refractivity contribution is -0.870. The van der Waals surface area contributed by atoms with Gasteiger partial charge in [-0.25, -0.2) is 87.8 Å². The summed E-state index contributed by atoms with van der Waals surface area (Å²) in [7, 11) is 0. The molecule has 0 aliphatic carbocycles. The van der Waals surface area contributed by atoms with Gasteiger partial charge in [-0.15, -0.1) is 21.9 Å². The zero-order chi connectivity index (χ0) is 43.5. The fourth-order valence-electron chi connectivity index (χ4n) is 6.26. The maximum Gasteiger partial charge on any atom is 0.264 e. The van der Waals surface area contributed by atoms with Crippen molar-refractivity contribution in [3.8, 4) is 0 Å². The second-order valence-corrected chi connectivity index (χ2v) is 11.6. The fraction of sp³-hybridized carbons (Fsp3) is 0.0571. The number of nitrogens with zero attached hydrogens (tertiary/aromatic N) is 1. The molecule has 23 heteroatoms. The van der Waals surface area contributed by atoms with E-state index < -0.39 is 144 Å². The van der Waals surface area contributed by atoms with E-state index in [0.29, 0.717) is 6.61 Å². The van der Waals surface area contributed by atoms with E-state index in [9.17, 15) is 52.7 Å². The molecule has 58 heavy (non-hydrogen) atoms. The number of para-hydroxylation sites is 1.